The Hall–Kier alpha value is -2.37. The van der Waals surface area contributed by atoms with E-state index in [1.54, 1.807) is 0 Å². The number of aliphatic hydroxyl groups excluding tert-OH is 1. The van der Waals surface area contributed by atoms with Crippen molar-refractivity contribution in [2.24, 2.45) is 10.9 Å². The predicted octanol–water partition coefficient (Wildman–Crippen LogP) is 2.86. The SMILES string of the molecule is CC(C)NCC(O)CO/N=C(\N)CC(c1ccccc1)c1ccccc1. The van der Waals surface area contributed by atoms with Crippen molar-refractivity contribution in [2.75, 3.05) is 13.2 Å². The quantitative estimate of drug-likeness (QED) is 0.348. The number of benzene rings is 2. The number of hydrogen-bond donors (Lipinski definition) is 3. The highest BCUT2D eigenvalue weighted by Crippen LogP contribution is 2.27. The number of rotatable bonds is 10. The molecule has 0 bridgehead atoms. The van der Waals surface area contributed by atoms with E-state index in [1.165, 1.54) is 11.1 Å². The van der Waals surface area contributed by atoms with Gasteiger partial charge in [0.25, 0.3) is 0 Å². The molecule has 0 aliphatic rings. The monoisotopic (exact) mass is 355 g/mol. The van der Waals surface area contributed by atoms with Crippen molar-refractivity contribution < 1.29 is 9.94 Å². The van der Waals surface area contributed by atoms with Crippen molar-refractivity contribution in [3.8, 4) is 0 Å². The summed E-state index contributed by atoms with van der Waals surface area (Å²) in [4.78, 5) is 5.24. The normalized spacial score (nSPS) is 13.2. The molecule has 0 amide bonds. The molecule has 5 nitrogen and oxygen atoms in total. The number of oxime groups is 1. The molecule has 0 aliphatic carbocycles. The smallest absolute Gasteiger partial charge is 0.144 e. The highest BCUT2D eigenvalue weighted by molar-refractivity contribution is 5.81. The van der Waals surface area contributed by atoms with Crippen molar-refractivity contribution in [2.45, 2.75) is 38.3 Å². The van der Waals surface area contributed by atoms with Gasteiger partial charge in [0.15, 0.2) is 0 Å². The Labute approximate surface area is 155 Å². The van der Waals surface area contributed by atoms with E-state index in [2.05, 4.69) is 34.7 Å². The number of nitrogens with zero attached hydrogens (tertiary/aromatic N) is 1. The Balaban J connectivity index is 1.97. The fourth-order valence-corrected chi connectivity index (χ4v) is 2.68. The summed E-state index contributed by atoms with van der Waals surface area (Å²) in [5.74, 6) is 0.518. The minimum absolute atomic E-state index is 0.109. The van der Waals surface area contributed by atoms with E-state index in [0.29, 0.717) is 24.8 Å². The average molecular weight is 355 g/mol. The molecule has 0 fully saturated rings. The first kappa shape index (κ1) is 19.9. The minimum Gasteiger partial charge on any atom is -0.392 e. The van der Waals surface area contributed by atoms with Crippen molar-refractivity contribution in [1.82, 2.24) is 5.32 Å². The van der Waals surface area contributed by atoms with Gasteiger partial charge in [0.1, 0.15) is 18.5 Å². The molecule has 0 radical (unpaired) electrons. The van der Waals surface area contributed by atoms with Crippen LogP contribution in [0.15, 0.2) is 65.8 Å². The zero-order chi connectivity index (χ0) is 18.8. The standard InChI is InChI=1S/C21H29N3O2/c1-16(2)23-14-19(25)15-26-24-21(22)13-20(17-9-5-3-6-10-17)18-11-7-4-8-12-18/h3-12,16,19-20,23,25H,13-15H2,1-2H3,(H2,22,24). The molecule has 2 rings (SSSR count). The third-order valence-electron chi connectivity index (χ3n) is 4.03. The third kappa shape index (κ3) is 6.86. The van der Waals surface area contributed by atoms with Gasteiger partial charge in [-0.1, -0.05) is 79.7 Å². The molecular weight excluding hydrogens is 326 g/mol. The van der Waals surface area contributed by atoms with Gasteiger partial charge in [-0.25, -0.2) is 0 Å². The lowest BCUT2D eigenvalue weighted by Crippen LogP contribution is -2.34. The fraction of sp³-hybridized carbons (Fsp3) is 0.381. The van der Waals surface area contributed by atoms with Gasteiger partial charge in [-0.3, -0.25) is 0 Å². The van der Waals surface area contributed by atoms with Crippen LogP contribution >= 0.6 is 0 Å². The second-order valence-corrected chi connectivity index (χ2v) is 6.67. The predicted molar refractivity (Wildman–Crippen MR) is 106 cm³/mol. The van der Waals surface area contributed by atoms with Crippen LogP contribution in [0.5, 0.6) is 0 Å². The van der Waals surface area contributed by atoms with E-state index in [1.807, 2.05) is 50.2 Å². The molecule has 0 spiro atoms. The summed E-state index contributed by atoms with van der Waals surface area (Å²) in [5.41, 5.74) is 8.44. The topological polar surface area (TPSA) is 79.9 Å². The Bertz CT molecular complexity index is 620. The summed E-state index contributed by atoms with van der Waals surface area (Å²) >= 11 is 0. The molecule has 0 aliphatic heterocycles. The van der Waals surface area contributed by atoms with Crippen molar-refractivity contribution in [1.29, 1.82) is 0 Å². The summed E-state index contributed by atoms with van der Waals surface area (Å²) in [5, 5.41) is 17.0. The number of nitrogens with one attached hydrogen (secondary N) is 1. The number of aliphatic hydroxyl groups is 1. The molecule has 5 heteroatoms. The Morgan fingerprint density at radius 3 is 2.08 bits per heavy atom. The molecule has 4 N–H and O–H groups in total. The number of amidine groups is 1. The van der Waals surface area contributed by atoms with Crippen LogP contribution in [-0.2, 0) is 4.84 Å². The van der Waals surface area contributed by atoms with Crippen LogP contribution in [0.2, 0.25) is 0 Å². The maximum Gasteiger partial charge on any atom is 0.144 e. The van der Waals surface area contributed by atoms with E-state index in [-0.39, 0.29) is 12.5 Å². The van der Waals surface area contributed by atoms with Gasteiger partial charge in [-0.2, -0.15) is 0 Å². The second kappa shape index (κ2) is 10.6. The molecule has 2 aromatic carbocycles. The summed E-state index contributed by atoms with van der Waals surface area (Å²) in [6, 6.07) is 20.8. The second-order valence-electron chi connectivity index (χ2n) is 6.67. The molecule has 0 heterocycles. The molecular formula is C21H29N3O2. The first-order valence-corrected chi connectivity index (χ1v) is 9.02. The lowest BCUT2D eigenvalue weighted by molar-refractivity contribution is 0.0390. The third-order valence-corrected chi connectivity index (χ3v) is 4.03. The van der Waals surface area contributed by atoms with Crippen LogP contribution in [-0.4, -0.2) is 36.2 Å². The van der Waals surface area contributed by atoms with Crippen LogP contribution < -0.4 is 11.1 Å². The van der Waals surface area contributed by atoms with Crippen LogP contribution in [0.25, 0.3) is 0 Å². The largest absolute Gasteiger partial charge is 0.392 e. The molecule has 26 heavy (non-hydrogen) atoms. The van der Waals surface area contributed by atoms with Crippen LogP contribution in [0.4, 0.5) is 0 Å². The molecule has 1 unspecified atom stereocenters. The maximum absolute atomic E-state index is 9.85. The molecule has 0 saturated heterocycles. The number of nitrogens with two attached hydrogens (primary N) is 1. The lowest BCUT2D eigenvalue weighted by Gasteiger charge is -2.18. The summed E-state index contributed by atoms with van der Waals surface area (Å²) in [7, 11) is 0. The van der Waals surface area contributed by atoms with Gasteiger partial charge in [0.05, 0.1) is 0 Å². The van der Waals surface area contributed by atoms with Gasteiger partial charge in [-0.05, 0) is 11.1 Å². The first-order chi connectivity index (χ1) is 12.6. The first-order valence-electron chi connectivity index (χ1n) is 9.02. The summed E-state index contributed by atoms with van der Waals surface area (Å²) < 4.78 is 0. The Kier molecular flexibility index (Phi) is 8.12. The molecule has 0 saturated carbocycles. The Morgan fingerprint density at radius 1 is 1.04 bits per heavy atom. The summed E-state index contributed by atoms with van der Waals surface area (Å²) in [6.45, 7) is 4.62. The van der Waals surface area contributed by atoms with E-state index < -0.39 is 6.10 Å². The van der Waals surface area contributed by atoms with Crippen molar-refractivity contribution >= 4 is 5.84 Å². The van der Waals surface area contributed by atoms with Crippen molar-refractivity contribution in [3.63, 3.8) is 0 Å². The minimum atomic E-state index is -0.618. The number of hydrogen-bond acceptors (Lipinski definition) is 4. The van der Waals surface area contributed by atoms with E-state index in [9.17, 15) is 5.11 Å². The van der Waals surface area contributed by atoms with E-state index in [0.717, 1.165) is 0 Å². The highest BCUT2D eigenvalue weighted by atomic mass is 16.6. The van der Waals surface area contributed by atoms with Crippen LogP contribution in [0.3, 0.4) is 0 Å². The molecule has 2 aromatic rings. The van der Waals surface area contributed by atoms with Crippen LogP contribution in [0.1, 0.15) is 37.3 Å². The lowest BCUT2D eigenvalue weighted by atomic mass is 9.88. The summed E-state index contributed by atoms with van der Waals surface area (Å²) in [6.07, 6.45) is -0.0676. The molecule has 140 valence electrons. The van der Waals surface area contributed by atoms with Crippen LogP contribution in [0, 0.1) is 0 Å². The van der Waals surface area contributed by atoms with E-state index in [4.69, 9.17) is 10.6 Å². The zero-order valence-corrected chi connectivity index (χ0v) is 15.5. The van der Waals surface area contributed by atoms with Crippen molar-refractivity contribution in [3.05, 3.63) is 71.8 Å². The van der Waals surface area contributed by atoms with E-state index >= 15 is 0 Å². The zero-order valence-electron chi connectivity index (χ0n) is 15.5. The van der Waals surface area contributed by atoms with Gasteiger partial charge in [0.2, 0.25) is 0 Å². The van der Waals surface area contributed by atoms with Gasteiger partial charge in [0, 0.05) is 24.9 Å². The maximum atomic E-state index is 9.85. The van der Waals surface area contributed by atoms with Gasteiger partial charge < -0.3 is 21.0 Å². The van der Waals surface area contributed by atoms with Gasteiger partial charge in [-0.15, -0.1) is 0 Å². The fourth-order valence-electron chi connectivity index (χ4n) is 2.68. The highest BCUT2D eigenvalue weighted by Gasteiger charge is 2.16. The van der Waals surface area contributed by atoms with Gasteiger partial charge >= 0.3 is 0 Å². The molecule has 0 aromatic heterocycles. The molecule has 1 atom stereocenters. The Morgan fingerprint density at radius 2 is 1.58 bits per heavy atom. The average Bonchev–Trinajstić information content (AvgIpc) is 2.66.